The minimum absolute atomic E-state index is 0.700. The Labute approximate surface area is 172 Å². The van der Waals surface area contributed by atoms with E-state index in [0.29, 0.717) is 5.02 Å². The lowest BCUT2D eigenvalue weighted by molar-refractivity contribution is 0.415. The van der Waals surface area contributed by atoms with Crippen LogP contribution in [0.2, 0.25) is 5.02 Å². The first-order valence-corrected chi connectivity index (χ1v) is 9.52. The molecule has 0 saturated carbocycles. The lowest BCUT2D eigenvalue weighted by Gasteiger charge is -2.09. The smallest absolute Gasteiger partial charge is 0.137 e. The van der Waals surface area contributed by atoms with Gasteiger partial charge in [0.25, 0.3) is 0 Å². The Morgan fingerprint density at radius 1 is 0.828 bits per heavy atom. The lowest BCUT2D eigenvalue weighted by Crippen LogP contribution is -1.99. The number of hydrogen-bond donors (Lipinski definition) is 0. The van der Waals surface area contributed by atoms with Crippen molar-refractivity contribution in [2.75, 3.05) is 7.11 Å². The normalized spacial score (nSPS) is 11.1. The fourth-order valence-corrected chi connectivity index (χ4v) is 3.54. The molecule has 0 amide bonds. The van der Waals surface area contributed by atoms with Crippen LogP contribution in [0.5, 0.6) is 5.75 Å². The highest BCUT2D eigenvalue weighted by molar-refractivity contribution is 6.30. The van der Waals surface area contributed by atoms with Crippen LogP contribution in [-0.4, -0.2) is 26.3 Å². The third-order valence-electron chi connectivity index (χ3n) is 4.90. The minimum Gasteiger partial charge on any atom is -0.497 e. The molecule has 0 aliphatic rings. The number of imidazole rings is 1. The van der Waals surface area contributed by atoms with Crippen molar-refractivity contribution in [1.82, 2.24) is 19.2 Å². The largest absolute Gasteiger partial charge is 0.497 e. The summed E-state index contributed by atoms with van der Waals surface area (Å²) in [5.74, 6) is 0.829. The molecule has 6 heteroatoms. The topological polar surface area (TPSA) is 44.4 Å². The molecule has 29 heavy (non-hydrogen) atoms. The summed E-state index contributed by atoms with van der Waals surface area (Å²) in [6.45, 7) is 0. The number of pyridine rings is 1. The van der Waals surface area contributed by atoms with E-state index in [0.717, 1.165) is 39.6 Å². The molecule has 0 radical (unpaired) electrons. The van der Waals surface area contributed by atoms with Crippen molar-refractivity contribution < 1.29 is 4.74 Å². The summed E-state index contributed by atoms with van der Waals surface area (Å²) in [5.41, 5.74) is 5.96. The molecule has 0 aliphatic carbocycles. The molecule has 2 aromatic carbocycles. The fraction of sp³-hybridized carbons (Fsp3) is 0.0435. The Morgan fingerprint density at radius 2 is 1.59 bits per heavy atom. The van der Waals surface area contributed by atoms with E-state index in [1.54, 1.807) is 13.3 Å². The maximum Gasteiger partial charge on any atom is 0.137 e. The summed E-state index contributed by atoms with van der Waals surface area (Å²) in [7, 11) is 1.67. The molecule has 0 N–H and O–H groups in total. The number of fused-ring (bicyclic) bond motifs is 1. The molecule has 0 saturated heterocycles. The van der Waals surface area contributed by atoms with Crippen LogP contribution in [0.4, 0.5) is 0 Å². The summed E-state index contributed by atoms with van der Waals surface area (Å²) in [6, 6.07) is 21.7. The number of ether oxygens (including phenoxy) is 1. The first kappa shape index (κ1) is 17.5. The molecule has 0 unspecified atom stereocenters. The van der Waals surface area contributed by atoms with Crippen molar-refractivity contribution in [3.8, 4) is 34.0 Å². The molecule has 0 atom stereocenters. The zero-order valence-electron chi connectivity index (χ0n) is 15.7. The van der Waals surface area contributed by atoms with Crippen LogP contribution in [0, 0.1) is 0 Å². The first-order valence-electron chi connectivity index (χ1n) is 9.15. The summed E-state index contributed by atoms with van der Waals surface area (Å²) >= 11 is 6.03. The number of benzene rings is 2. The third-order valence-corrected chi connectivity index (χ3v) is 5.15. The molecular weight excluding hydrogens is 384 g/mol. The van der Waals surface area contributed by atoms with Gasteiger partial charge in [0.1, 0.15) is 11.4 Å². The van der Waals surface area contributed by atoms with Gasteiger partial charge < -0.3 is 4.74 Å². The monoisotopic (exact) mass is 400 g/mol. The van der Waals surface area contributed by atoms with Gasteiger partial charge in [-0.05, 0) is 66.7 Å². The predicted octanol–water partition coefficient (Wildman–Crippen LogP) is 5.52. The number of aromatic nitrogens is 4. The summed E-state index contributed by atoms with van der Waals surface area (Å²) < 4.78 is 9.26. The second kappa shape index (κ2) is 7.11. The van der Waals surface area contributed by atoms with Gasteiger partial charge in [0.15, 0.2) is 0 Å². The van der Waals surface area contributed by atoms with Gasteiger partial charge in [-0.1, -0.05) is 11.6 Å². The summed E-state index contributed by atoms with van der Waals surface area (Å²) in [6.07, 6.45) is 5.77. The quantitative estimate of drug-likeness (QED) is 0.399. The van der Waals surface area contributed by atoms with Crippen molar-refractivity contribution in [2.45, 2.75) is 0 Å². The van der Waals surface area contributed by atoms with Crippen molar-refractivity contribution in [1.29, 1.82) is 0 Å². The standard InChI is InChI=1S/C23H17ClN4O/c1-29-20-9-2-16(3-10-20)22-14-25-23-11-4-17(15-27(22)23)21-12-13-26-28(21)19-7-5-18(24)6-8-19/h2-15H,1H3. The van der Waals surface area contributed by atoms with Crippen LogP contribution in [0.3, 0.4) is 0 Å². The highest BCUT2D eigenvalue weighted by atomic mass is 35.5. The van der Waals surface area contributed by atoms with Gasteiger partial charge in [-0.25, -0.2) is 9.67 Å². The van der Waals surface area contributed by atoms with Gasteiger partial charge >= 0.3 is 0 Å². The lowest BCUT2D eigenvalue weighted by atomic mass is 10.1. The minimum atomic E-state index is 0.700. The number of rotatable bonds is 4. The van der Waals surface area contributed by atoms with E-state index in [-0.39, 0.29) is 0 Å². The van der Waals surface area contributed by atoms with Crippen LogP contribution in [-0.2, 0) is 0 Å². The van der Waals surface area contributed by atoms with Gasteiger partial charge in [0.05, 0.1) is 36.6 Å². The average Bonchev–Trinajstić information content (AvgIpc) is 3.41. The number of hydrogen-bond acceptors (Lipinski definition) is 3. The first-order chi connectivity index (χ1) is 14.2. The Morgan fingerprint density at radius 3 is 2.34 bits per heavy atom. The molecule has 3 aromatic heterocycles. The molecule has 0 aliphatic heterocycles. The van der Waals surface area contributed by atoms with Crippen LogP contribution < -0.4 is 4.74 Å². The Balaban J connectivity index is 1.61. The second-order valence-electron chi connectivity index (χ2n) is 6.62. The number of methoxy groups -OCH3 is 1. The Bertz CT molecular complexity index is 1290. The molecule has 142 valence electrons. The molecular formula is C23H17ClN4O. The van der Waals surface area contributed by atoms with Crippen LogP contribution in [0.1, 0.15) is 0 Å². The van der Waals surface area contributed by atoms with Gasteiger partial charge in [-0.2, -0.15) is 5.10 Å². The van der Waals surface area contributed by atoms with Crippen LogP contribution in [0.25, 0.3) is 33.8 Å². The maximum absolute atomic E-state index is 6.03. The van der Waals surface area contributed by atoms with Gasteiger partial charge in [-0.15, -0.1) is 0 Å². The van der Waals surface area contributed by atoms with E-state index in [1.165, 1.54) is 0 Å². The van der Waals surface area contributed by atoms with Crippen LogP contribution in [0.15, 0.2) is 85.3 Å². The van der Waals surface area contributed by atoms with E-state index in [1.807, 2.05) is 71.5 Å². The number of nitrogens with zero attached hydrogens (tertiary/aromatic N) is 4. The molecule has 3 heterocycles. The number of halogens is 1. The SMILES string of the molecule is COc1ccc(-c2cnc3ccc(-c4ccnn4-c4ccc(Cl)cc4)cn23)cc1. The van der Waals surface area contributed by atoms with Crippen molar-refractivity contribution >= 4 is 17.2 Å². The fourth-order valence-electron chi connectivity index (χ4n) is 3.42. The molecule has 5 rings (SSSR count). The molecule has 0 bridgehead atoms. The predicted molar refractivity (Wildman–Crippen MR) is 115 cm³/mol. The Hall–Kier alpha value is -3.57. The summed E-state index contributed by atoms with van der Waals surface area (Å²) in [5, 5.41) is 5.20. The van der Waals surface area contributed by atoms with Gasteiger partial charge in [0, 0.05) is 22.3 Å². The van der Waals surface area contributed by atoms with E-state index < -0.39 is 0 Å². The molecule has 0 spiro atoms. The second-order valence-corrected chi connectivity index (χ2v) is 7.06. The molecule has 5 aromatic rings. The van der Waals surface area contributed by atoms with Crippen molar-refractivity contribution in [2.24, 2.45) is 0 Å². The third kappa shape index (κ3) is 3.15. The Kier molecular flexibility index (Phi) is 4.30. The molecule has 5 nitrogen and oxygen atoms in total. The van der Waals surface area contributed by atoms with Crippen LogP contribution >= 0.6 is 11.6 Å². The van der Waals surface area contributed by atoms with Gasteiger partial charge in [0.2, 0.25) is 0 Å². The van der Waals surface area contributed by atoms with E-state index in [2.05, 4.69) is 26.7 Å². The van der Waals surface area contributed by atoms with E-state index in [4.69, 9.17) is 16.3 Å². The van der Waals surface area contributed by atoms with Gasteiger partial charge in [-0.3, -0.25) is 4.40 Å². The van der Waals surface area contributed by atoms with Crippen molar-refractivity contribution in [3.63, 3.8) is 0 Å². The van der Waals surface area contributed by atoms with Crippen molar-refractivity contribution in [3.05, 3.63) is 90.3 Å². The zero-order chi connectivity index (χ0) is 19.8. The van der Waals surface area contributed by atoms with E-state index in [9.17, 15) is 0 Å². The van der Waals surface area contributed by atoms with E-state index >= 15 is 0 Å². The zero-order valence-corrected chi connectivity index (χ0v) is 16.4. The maximum atomic E-state index is 6.03. The highest BCUT2D eigenvalue weighted by Crippen LogP contribution is 2.28. The molecule has 0 fully saturated rings. The summed E-state index contributed by atoms with van der Waals surface area (Å²) in [4.78, 5) is 4.54. The average molecular weight is 401 g/mol. The highest BCUT2D eigenvalue weighted by Gasteiger charge is 2.11.